The zero-order valence-corrected chi connectivity index (χ0v) is 10.3. The lowest BCUT2D eigenvalue weighted by molar-refractivity contribution is -0.162. The Bertz CT molecular complexity index is 226. The van der Waals surface area contributed by atoms with Crippen LogP contribution in [0.4, 0.5) is 0 Å². The molecule has 4 nitrogen and oxygen atoms in total. The summed E-state index contributed by atoms with van der Waals surface area (Å²) in [5, 5.41) is 9.26. The van der Waals surface area contributed by atoms with E-state index >= 15 is 0 Å². The van der Waals surface area contributed by atoms with Gasteiger partial charge in [-0.3, -0.25) is 4.90 Å². The Kier molecular flexibility index (Phi) is 3.85. The summed E-state index contributed by atoms with van der Waals surface area (Å²) in [5.41, 5.74) is -0.149. The van der Waals surface area contributed by atoms with Gasteiger partial charge in [-0.05, 0) is 26.7 Å². The summed E-state index contributed by atoms with van der Waals surface area (Å²) in [6, 6.07) is 0.603. The van der Waals surface area contributed by atoms with E-state index in [1.165, 1.54) is 0 Å². The van der Waals surface area contributed by atoms with E-state index in [1.807, 2.05) is 0 Å². The molecule has 4 heteroatoms. The van der Waals surface area contributed by atoms with Crippen LogP contribution in [0, 0.1) is 0 Å². The Labute approximate surface area is 97.5 Å². The molecule has 2 aliphatic heterocycles. The van der Waals surface area contributed by atoms with Crippen LogP contribution in [-0.4, -0.2) is 60.7 Å². The van der Waals surface area contributed by atoms with Crippen LogP contribution in [0.5, 0.6) is 0 Å². The molecule has 0 aromatic carbocycles. The highest BCUT2D eigenvalue weighted by molar-refractivity contribution is 4.88. The van der Waals surface area contributed by atoms with E-state index in [4.69, 9.17) is 9.47 Å². The minimum absolute atomic E-state index is 0.0356. The maximum atomic E-state index is 9.26. The highest BCUT2D eigenvalue weighted by Gasteiger charge is 2.36. The highest BCUT2D eigenvalue weighted by Crippen LogP contribution is 2.25. The molecule has 0 aromatic rings. The largest absolute Gasteiger partial charge is 0.394 e. The summed E-state index contributed by atoms with van der Waals surface area (Å²) in [7, 11) is 0. The van der Waals surface area contributed by atoms with Gasteiger partial charge in [0, 0.05) is 32.3 Å². The van der Waals surface area contributed by atoms with Crippen molar-refractivity contribution in [3.63, 3.8) is 0 Å². The lowest BCUT2D eigenvalue weighted by atomic mass is 10.00. The monoisotopic (exact) mass is 229 g/mol. The Morgan fingerprint density at radius 2 is 2.00 bits per heavy atom. The van der Waals surface area contributed by atoms with Crippen molar-refractivity contribution in [3.8, 4) is 0 Å². The highest BCUT2D eigenvalue weighted by atomic mass is 16.5. The van der Waals surface area contributed by atoms with Crippen molar-refractivity contribution >= 4 is 0 Å². The predicted molar refractivity (Wildman–Crippen MR) is 61.5 cm³/mol. The molecule has 1 unspecified atom stereocenters. The SMILES string of the molecule is CC1(C)CN(C2CCOCC2)CC(CO)O1. The zero-order valence-electron chi connectivity index (χ0n) is 10.3. The fourth-order valence-electron chi connectivity index (χ4n) is 2.76. The Balaban J connectivity index is 1.97. The van der Waals surface area contributed by atoms with E-state index in [2.05, 4.69) is 18.7 Å². The summed E-state index contributed by atoms with van der Waals surface area (Å²) in [5.74, 6) is 0. The first-order valence-electron chi connectivity index (χ1n) is 6.21. The average Bonchev–Trinajstić information content (AvgIpc) is 2.28. The molecule has 0 spiro atoms. The number of aliphatic hydroxyl groups is 1. The van der Waals surface area contributed by atoms with E-state index in [1.54, 1.807) is 0 Å². The van der Waals surface area contributed by atoms with E-state index in [-0.39, 0.29) is 18.3 Å². The number of morpholine rings is 1. The van der Waals surface area contributed by atoms with Gasteiger partial charge in [0.1, 0.15) is 0 Å². The van der Waals surface area contributed by atoms with Gasteiger partial charge < -0.3 is 14.6 Å². The van der Waals surface area contributed by atoms with Crippen LogP contribution in [-0.2, 0) is 9.47 Å². The van der Waals surface area contributed by atoms with Gasteiger partial charge in [-0.2, -0.15) is 0 Å². The van der Waals surface area contributed by atoms with Crippen molar-refractivity contribution < 1.29 is 14.6 Å². The molecule has 0 bridgehead atoms. The second-order valence-electron chi connectivity index (χ2n) is 5.46. The predicted octanol–water partition coefficient (Wildman–Crippen LogP) is 0.637. The Morgan fingerprint density at radius 1 is 1.31 bits per heavy atom. The van der Waals surface area contributed by atoms with Crippen LogP contribution >= 0.6 is 0 Å². The van der Waals surface area contributed by atoms with Gasteiger partial charge in [-0.1, -0.05) is 0 Å². The quantitative estimate of drug-likeness (QED) is 0.754. The Hall–Kier alpha value is -0.160. The number of nitrogens with zero attached hydrogens (tertiary/aromatic N) is 1. The van der Waals surface area contributed by atoms with Crippen molar-refractivity contribution in [1.29, 1.82) is 0 Å². The van der Waals surface area contributed by atoms with Gasteiger partial charge in [0.2, 0.25) is 0 Å². The van der Waals surface area contributed by atoms with Gasteiger partial charge in [0.15, 0.2) is 0 Å². The van der Waals surface area contributed by atoms with Crippen LogP contribution in [0.25, 0.3) is 0 Å². The second kappa shape index (κ2) is 5.00. The molecule has 2 fully saturated rings. The van der Waals surface area contributed by atoms with Crippen molar-refractivity contribution in [2.45, 2.75) is 44.4 Å². The van der Waals surface area contributed by atoms with E-state index < -0.39 is 0 Å². The van der Waals surface area contributed by atoms with Crippen LogP contribution in [0.15, 0.2) is 0 Å². The van der Waals surface area contributed by atoms with Gasteiger partial charge in [-0.25, -0.2) is 0 Å². The van der Waals surface area contributed by atoms with Crippen LogP contribution in [0.1, 0.15) is 26.7 Å². The van der Waals surface area contributed by atoms with Crippen molar-refractivity contribution in [3.05, 3.63) is 0 Å². The Morgan fingerprint density at radius 3 is 2.62 bits per heavy atom. The van der Waals surface area contributed by atoms with Gasteiger partial charge in [0.05, 0.1) is 18.3 Å². The van der Waals surface area contributed by atoms with E-state index in [9.17, 15) is 5.11 Å². The third-order valence-electron chi connectivity index (χ3n) is 3.42. The maximum absolute atomic E-state index is 9.26. The molecule has 0 saturated carbocycles. The number of hydrogen-bond acceptors (Lipinski definition) is 4. The molecule has 94 valence electrons. The molecule has 0 amide bonds. The molecule has 1 N–H and O–H groups in total. The summed E-state index contributed by atoms with van der Waals surface area (Å²) in [6.45, 7) is 7.85. The van der Waals surface area contributed by atoms with E-state index in [0.29, 0.717) is 6.04 Å². The van der Waals surface area contributed by atoms with Crippen LogP contribution < -0.4 is 0 Å². The second-order valence-corrected chi connectivity index (χ2v) is 5.46. The molecule has 0 radical (unpaired) electrons. The molecular weight excluding hydrogens is 206 g/mol. The van der Waals surface area contributed by atoms with Gasteiger partial charge in [0.25, 0.3) is 0 Å². The van der Waals surface area contributed by atoms with Crippen molar-refractivity contribution in [1.82, 2.24) is 4.90 Å². The zero-order chi connectivity index (χ0) is 11.6. The summed E-state index contributed by atoms with van der Waals surface area (Å²) in [4.78, 5) is 2.47. The summed E-state index contributed by atoms with van der Waals surface area (Å²) in [6.07, 6.45) is 2.18. The molecule has 2 aliphatic rings. The standard InChI is InChI=1S/C12H23NO3/c1-12(2)9-13(7-11(8-14)16-12)10-3-5-15-6-4-10/h10-11,14H,3-9H2,1-2H3. The lowest BCUT2D eigenvalue weighted by Crippen LogP contribution is -2.57. The summed E-state index contributed by atoms with van der Waals surface area (Å²) < 4.78 is 11.2. The average molecular weight is 229 g/mol. The van der Waals surface area contributed by atoms with Gasteiger partial charge >= 0.3 is 0 Å². The topological polar surface area (TPSA) is 41.9 Å². The number of aliphatic hydroxyl groups excluding tert-OH is 1. The lowest BCUT2D eigenvalue weighted by Gasteiger charge is -2.46. The van der Waals surface area contributed by atoms with E-state index in [0.717, 1.165) is 39.1 Å². The minimum atomic E-state index is -0.149. The molecule has 2 rings (SSSR count). The maximum Gasteiger partial charge on any atom is 0.0940 e. The minimum Gasteiger partial charge on any atom is -0.394 e. The molecule has 16 heavy (non-hydrogen) atoms. The third-order valence-corrected chi connectivity index (χ3v) is 3.42. The molecule has 2 saturated heterocycles. The van der Waals surface area contributed by atoms with Gasteiger partial charge in [-0.15, -0.1) is 0 Å². The fraction of sp³-hybridized carbons (Fsp3) is 1.00. The normalized spacial score (nSPS) is 32.8. The van der Waals surface area contributed by atoms with Crippen LogP contribution in [0.2, 0.25) is 0 Å². The molecule has 0 aromatic heterocycles. The van der Waals surface area contributed by atoms with Crippen molar-refractivity contribution in [2.75, 3.05) is 32.9 Å². The first-order chi connectivity index (χ1) is 7.61. The first-order valence-corrected chi connectivity index (χ1v) is 6.21. The number of hydrogen-bond donors (Lipinski definition) is 1. The third kappa shape index (κ3) is 2.94. The molecule has 0 aliphatic carbocycles. The number of ether oxygens (including phenoxy) is 2. The fourth-order valence-corrected chi connectivity index (χ4v) is 2.76. The molecular formula is C12H23NO3. The molecule has 1 atom stereocenters. The smallest absolute Gasteiger partial charge is 0.0940 e. The van der Waals surface area contributed by atoms with Crippen molar-refractivity contribution in [2.24, 2.45) is 0 Å². The number of rotatable bonds is 2. The first kappa shape index (κ1) is 12.3. The summed E-state index contributed by atoms with van der Waals surface area (Å²) >= 11 is 0. The van der Waals surface area contributed by atoms with Crippen LogP contribution in [0.3, 0.4) is 0 Å². The molecule has 2 heterocycles.